The molecule has 0 N–H and O–H groups in total. The standard InChI is InChI=1S/C10H19ClO/c1-8-4-10(5-8,7-11)9(2)6-12-3/h8-9H,4-7H2,1-3H3. The van der Waals surface area contributed by atoms with Crippen LogP contribution in [0.4, 0.5) is 0 Å². The van der Waals surface area contributed by atoms with Crippen LogP contribution in [0.15, 0.2) is 0 Å². The monoisotopic (exact) mass is 190 g/mol. The molecule has 0 aliphatic heterocycles. The first-order valence-corrected chi connectivity index (χ1v) is 5.23. The van der Waals surface area contributed by atoms with E-state index in [2.05, 4.69) is 13.8 Å². The predicted molar refractivity (Wildman–Crippen MR) is 52.6 cm³/mol. The zero-order valence-corrected chi connectivity index (χ0v) is 9.03. The van der Waals surface area contributed by atoms with Crippen molar-refractivity contribution >= 4 is 11.6 Å². The van der Waals surface area contributed by atoms with Crippen LogP contribution in [-0.4, -0.2) is 19.6 Å². The first-order chi connectivity index (χ1) is 5.64. The lowest BCUT2D eigenvalue weighted by atomic mass is 9.58. The Balaban J connectivity index is 2.45. The molecule has 0 heterocycles. The van der Waals surface area contributed by atoms with E-state index in [9.17, 15) is 0 Å². The second-order valence-electron chi connectivity index (χ2n) is 4.37. The molecule has 0 radical (unpaired) electrons. The summed E-state index contributed by atoms with van der Waals surface area (Å²) in [7, 11) is 1.76. The molecule has 1 nitrogen and oxygen atoms in total. The molecule has 0 spiro atoms. The van der Waals surface area contributed by atoms with Gasteiger partial charge in [0.25, 0.3) is 0 Å². The molecule has 1 aliphatic carbocycles. The summed E-state index contributed by atoms with van der Waals surface area (Å²) in [6.07, 6.45) is 2.56. The van der Waals surface area contributed by atoms with Crippen LogP contribution in [0.2, 0.25) is 0 Å². The van der Waals surface area contributed by atoms with Gasteiger partial charge in [-0.25, -0.2) is 0 Å². The Labute approximate surface area is 80.4 Å². The average Bonchev–Trinajstić information content (AvgIpc) is 1.98. The highest BCUT2D eigenvalue weighted by Crippen LogP contribution is 2.51. The number of alkyl halides is 1. The second kappa shape index (κ2) is 3.97. The van der Waals surface area contributed by atoms with Gasteiger partial charge in [-0.05, 0) is 30.1 Å². The summed E-state index contributed by atoms with van der Waals surface area (Å²) in [5, 5.41) is 0. The number of rotatable bonds is 4. The summed E-state index contributed by atoms with van der Waals surface area (Å²) in [5.41, 5.74) is 0.386. The van der Waals surface area contributed by atoms with Gasteiger partial charge in [0.2, 0.25) is 0 Å². The van der Waals surface area contributed by atoms with Gasteiger partial charge < -0.3 is 4.74 Å². The van der Waals surface area contributed by atoms with Crippen molar-refractivity contribution in [2.24, 2.45) is 17.3 Å². The van der Waals surface area contributed by atoms with Crippen molar-refractivity contribution in [1.82, 2.24) is 0 Å². The zero-order valence-electron chi connectivity index (χ0n) is 8.27. The number of halogens is 1. The van der Waals surface area contributed by atoms with Crippen LogP contribution < -0.4 is 0 Å². The lowest BCUT2D eigenvalue weighted by Crippen LogP contribution is -2.44. The largest absolute Gasteiger partial charge is 0.384 e. The molecule has 72 valence electrons. The summed E-state index contributed by atoms with van der Waals surface area (Å²) < 4.78 is 5.16. The number of hydrogen-bond acceptors (Lipinski definition) is 1. The van der Waals surface area contributed by atoms with Crippen LogP contribution in [0, 0.1) is 17.3 Å². The molecule has 1 fully saturated rings. The van der Waals surface area contributed by atoms with Crippen LogP contribution in [0.25, 0.3) is 0 Å². The molecule has 0 bridgehead atoms. The molecule has 0 aromatic heterocycles. The minimum absolute atomic E-state index is 0.386. The van der Waals surface area contributed by atoms with E-state index in [4.69, 9.17) is 16.3 Å². The highest BCUT2D eigenvalue weighted by molar-refractivity contribution is 6.18. The van der Waals surface area contributed by atoms with Crippen molar-refractivity contribution in [2.45, 2.75) is 26.7 Å². The lowest BCUT2D eigenvalue weighted by molar-refractivity contribution is -0.00793. The van der Waals surface area contributed by atoms with Crippen molar-refractivity contribution < 1.29 is 4.74 Å². The van der Waals surface area contributed by atoms with E-state index in [0.29, 0.717) is 11.3 Å². The third-order valence-corrected chi connectivity index (χ3v) is 3.77. The Morgan fingerprint density at radius 2 is 2.17 bits per heavy atom. The third-order valence-electron chi connectivity index (χ3n) is 3.24. The average molecular weight is 191 g/mol. The normalized spacial score (nSPS) is 37.5. The lowest BCUT2D eigenvalue weighted by Gasteiger charge is -2.49. The summed E-state index contributed by atoms with van der Waals surface area (Å²) in [5.74, 6) is 2.27. The molecule has 1 aliphatic rings. The summed E-state index contributed by atoms with van der Waals surface area (Å²) >= 11 is 6.00. The highest BCUT2D eigenvalue weighted by Gasteiger charge is 2.45. The van der Waals surface area contributed by atoms with Crippen LogP contribution in [0.3, 0.4) is 0 Å². The van der Waals surface area contributed by atoms with E-state index < -0.39 is 0 Å². The maximum absolute atomic E-state index is 6.00. The van der Waals surface area contributed by atoms with Crippen LogP contribution in [0.5, 0.6) is 0 Å². The van der Waals surface area contributed by atoms with E-state index in [1.165, 1.54) is 12.8 Å². The predicted octanol–water partition coefficient (Wildman–Crippen LogP) is 2.92. The van der Waals surface area contributed by atoms with E-state index in [1.807, 2.05) is 0 Å². The Morgan fingerprint density at radius 1 is 1.58 bits per heavy atom. The molecule has 0 amide bonds. The van der Waals surface area contributed by atoms with E-state index in [-0.39, 0.29) is 0 Å². The fourth-order valence-electron chi connectivity index (χ4n) is 2.40. The Kier molecular flexibility index (Phi) is 3.42. The quantitative estimate of drug-likeness (QED) is 0.620. The molecular formula is C10H19ClO. The number of hydrogen-bond donors (Lipinski definition) is 0. The van der Waals surface area contributed by atoms with Gasteiger partial charge in [-0.3, -0.25) is 0 Å². The SMILES string of the molecule is COCC(C)C1(CCl)CC(C)C1. The van der Waals surface area contributed by atoms with Crippen molar-refractivity contribution in [2.75, 3.05) is 19.6 Å². The maximum atomic E-state index is 6.00. The maximum Gasteiger partial charge on any atom is 0.0493 e. The van der Waals surface area contributed by atoms with Crippen LogP contribution >= 0.6 is 11.6 Å². The van der Waals surface area contributed by atoms with Gasteiger partial charge in [0, 0.05) is 19.6 Å². The van der Waals surface area contributed by atoms with Gasteiger partial charge >= 0.3 is 0 Å². The minimum Gasteiger partial charge on any atom is -0.384 e. The Bertz CT molecular complexity index is 141. The van der Waals surface area contributed by atoms with E-state index in [0.717, 1.165) is 18.4 Å². The smallest absolute Gasteiger partial charge is 0.0493 e. The highest BCUT2D eigenvalue weighted by atomic mass is 35.5. The second-order valence-corrected chi connectivity index (χ2v) is 4.63. The van der Waals surface area contributed by atoms with Gasteiger partial charge in [0.05, 0.1) is 0 Å². The fourth-order valence-corrected chi connectivity index (χ4v) is 2.88. The minimum atomic E-state index is 0.386. The van der Waals surface area contributed by atoms with E-state index >= 15 is 0 Å². The topological polar surface area (TPSA) is 9.23 Å². The molecule has 12 heavy (non-hydrogen) atoms. The molecule has 1 atom stereocenters. The molecule has 0 saturated heterocycles. The van der Waals surface area contributed by atoms with Crippen molar-refractivity contribution in [3.05, 3.63) is 0 Å². The Hall–Kier alpha value is 0.250. The van der Waals surface area contributed by atoms with Gasteiger partial charge in [-0.1, -0.05) is 13.8 Å². The first kappa shape index (κ1) is 10.3. The summed E-state index contributed by atoms with van der Waals surface area (Å²) in [6.45, 7) is 5.39. The molecule has 0 aromatic rings. The molecule has 0 aromatic carbocycles. The van der Waals surface area contributed by atoms with Gasteiger partial charge in [-0.15, -0.1) is 11.6 Å². The summed E-state index contributed by atoms with van der Waals surface area (Å²) in [6, 6.07) is 0. The van der Waals surface area contributed by atoms with Crippen molar-refractivity contribution in [1.29, 1.82) is 0 Å². The van der Waals surface area contributed by atoms with Gasteiger partial charge in [0.15, 0.2) is 0 Å². The number of methoxy groups -OCH3 is 1. The molecule has 1 rings (SSSR count). The summed E-state index contributed by atoms with van der Waals surface area (Å²) in [4.78, 5) is 0. The molecular weight excluding hydrogens is 172 g/mol. The third kappa shape index (κ3) is 1.77. The molecule has 2 heteroatoms. The van der Waals surface area contributed by atoms with E-state index in [1.54, 1.807) is 7.11 Å². The first-order valence-electron chi connectivity index (χ1n) is 4.69. The van der Waals surface area contributed by atoms with Crippen LogP contribution in [0.1, 0.15) is 26.7 Å². The van der Waals surface area contributed by atoms with Gasteiger partial charge in [-0.2, -0.15) is 0 Å². The zero-order chi connectivity index (χ0) is 9.19. The molecule has 1 saturated carbocycles. The van der Waals surface area contributed by atoms with Crippen LogP contribution in [-0.2, 0) is 4.74 Å². The molecule has 1 unspecified atom stereocenters. The number of ether oxygens (including phenoxy) is 1. The Morgan fingerprint density at radius 3 is 2.50 bits per heavy atom. The van der Waals surface area contributed by atoms with Crippen molar-refractivity contribution in [3.8, 4) is 0 Å². The fraction of sp³-hybridized carbons (Fsp3) is 1.00. The van der Waals surface area contributed by atoms with Gasteiger partial charge in [0.1, 0.15) is 0 Å². The van der Waals surface area contributed by atoms with Crippen molar-refractivity contribution in [3.63, 3.8) is 0 Å².